The fraction of sp³-hybridized carbons (Fsp3) is 0.647. The number of carboxylic acids is 1. The maximum Gasteiger partial charge on any atom is 0.346 e. The van der Waals surface area contributed by atoms with Crippen molar-refractivity contribution in [2.45, 2.75) is 45.4 Å². The maximum absolute atomic E-state index is 12.9. The Bertz CT molecular complexity index is 613. The first-order valence-electron chi connectivity index (χ1n) is 8.10. The fourth-order valence-electron chi connectivity index (χ4n) is 5.39. The normalized spacial score (nSPS) is 35.6. The van der Waals surface area contributed by atoms with Crippen LogP contribution >= 0.6 is 11.3 Å². The molecule has 1 aromatic heterocycles. The van der Waals surface area contributed by atoms with Gasteiger partial charge in [0, 0.05) is 0 Å². The summed E-state index contributed by atoms with van der Waals surface area (Å²) in [6, 6.07) is 1.78. The van der Waals surface area contributed by atoms with Gasteiger partial charge in [-0.15, -0.1) is 11.3 Å². The van der Waals surface area contributed by atoms with Gasteiger partial charge in [0.1, 0.15) is 4.88 Å². The van der Waals surface area contributed by atoms with Crippen molar-refractivity contribution in [3.63, 3.8) is 0 Å². The lowest BCUT2D eigenvalue weighted by Gasteiger charge is -2.55. The Kier molecular flexibility index (Phi) is 3.12. The summed E-state index contributed by atoms with van der Waals surface area (Å²) in [5, 5.41) is 12.8. The number of carboxylic acid groups (broad SMARTS) is 1. The molecule has 4 aliphatic carbocycles. The molecule has 0 radical (unpaired) electrons. The lowest BCUT2D eigenvalue weighted by Crippen LogP contribution is -2.51. The van der Waals surface area contributed by atoms with Crippen LogP contribution in [-0.4, -0.2) is 17.0 Å². The van der Waals surface area contributed by atoms with E-state index in [9.17, 15) is 9.59 Å². The second kappa shape index (κ2) is 4.82. The largest absolute Gasteiger partial charge is 0.477 e. The zero-order valence-electron chi connectivity index (χ0n) is 12.7. The lowest BCUT2D eigenvalue weighted by atomic mass is 9.49. The topological polar surface area (TPSA) is 66.4 Å². The average Bonchev–Trinajstić information content (AvgIpc) is 2.78. The van der Waals surface area contributed by atoms with Gasteiger partial charge in [-0.05, 0) is 74.8 Å². The van der Waals surface area contributed by atoms with E-state index in [0.717, 1.165) is 42.6 Å². The van der Waals surface area contributed by atoms with E-state index in [2.05, 4.69) is 5.32 Å². The van der Waals surface area contributed by atoms with Crippen molar-refractivity contribution in [2.75, 3.05) is 5.32 Å². The van der Waals surface area contributed by atoms with Gasteiger partial charge in [0.15, 0.2) is 0 Å². The molecule has 4 bridgehead atoms. The molecule has 4 fully saturated rings. The SMILES string of the molecule is Cc1cc(NC(=O)C23CC4CC(CC(C4)C2)C3)sc1C(=O)O. The molecule has 0 atom stereocenters. The Labute approximate surface area is 133 Å². The van der Waals surface area contributed by atoms with Crippen LogP contribution in [0.1, 0.15) is 53.8 Å². The van der Waals surface area contributed by atoms with E-state index in [1.807, 2.05) is 0 Å². The monoisotopic (exact) mass is 319 g/mol. The molecule has 0 spiro atoms. The molecule has 4 nitrogen and oxygen atoms in total. The second-order valence-corrected chi connectivity index (χ2v) is 8.63. The van der Waals surface area contributed by atoms with Crippen LogP contribution in [0.3, 0.4) is 0 Å². The quantitative estimate of drug-likeness (QED) is 0.887. The molecule has 1 amide bonds. The number of aromatic carboxylic acids is 1. The van der Waals surface area contributed by atoms with Crippen molar-refractivity contribution in [2.24, 2.45) is 23.2 Å². The maximum atomic E-state index is 12.9. The first-order chi connectivity index (χ1) is 10.4. The minimum absolute atomic E-state index is 0.129. The molecule has 5 rings (SSSR count). The summed E-state index contributed by atoms with van der Waals surface area (Å²) < 4.78 is 0. The standard InChI is InChI=1S/C17H21NO3S/c1-9-2-13(22-14(9)15(19)20)18-16(21)17-6-10-3-11(7-17)5-12(4-10)8-17/h2,10-12H,3-8H2,1H3,(H,18,21)(H,19,20). The van der Waals surface area contributed by atoms with Gasteiger partial charge in [-0.25, -0.2) is 4.79 Å². The number of carbonyl (C=O) groups excluding carboxylic acids is 1. The van der Waals surface area contributed by atoms with Gasteiger partial charge in [-0.3, -0.25) is 4.79 Å². The molecule has 0 saturated heterocycles. The summed E-state index contributed by atoms with van der Waals surface area (Å²) in [6.07, 6.45) is 7.03. The Hall–Kier alpha value is -1.36. The minimum atomic E-state index is -0.919. The molecule has 0 aliphatic heterocycles. The Morgan fingerprint density at radius 2 is 1.73 bits per heavy atom. The third kappa shape index (κ3) is 2.18. The van der Waals surface area contributed by atoms with E-state index in [4.69, 9.17) is 5.11 Å². The van der Waals surface area contributed by atoms with Gasteiger partial charge in [0.05, 0.1) is 10.4 Å². The minimum Gasteiger partial charge on any atom is -0.477 e. The summed E-state index contributed by atoms with van der Waals surface area (Å²) >= 11 is 1.17. The van der Waals surface area contributed by atoms with Crippen LogP contribution in [0.2, 0.25) is 0 Å². The Morgan fingerprint density at radius 1 is 1.18 bits per heavy atom. The van der Waals surface area contributed by atoms with Gasteiger partial charge in [-0.2, -0.15) is 0 Å². The Morgan fingerprint density at radius 3 is 2.18 bits per heavy atom. The number of thiophene rings is 1. The molecule has 0 unspecified atom stereocenters. The molecule has 1 aromatic rings. The average molecular weight is 319 g/mol. The number of rotatable bonds is 3. The molecule has 22 heavy (non-hydrogen) atoms. The molecule has 4 aliphatic rings. The first kappa shape index (κ1) is 14.2. The molecule has 118 valence electrons. The number of carbonyl (C=O) groups is 2. The molecule has 5 heteroatoms. The molecule has 2 N–H and O–H groups in total. The highest BCUT2D eigenvalue weighted by Crippen LogP contribution is 2.60. The molecule has 0 aromatic carbocycles. The highest BCUT2D eigenvalue weighted by molar-refractivity contribution is 7.18. The number of nitrogens with one attached hydrogen (secondary N) is 1. The third-order valence-electron chi connectivity index (χ3n) is 5.87. The molecule has 4 saturated carbocycles. The van der Waals surface area contributed by atoms with E-state index in [-0.39, 0.29) is 11.3 Å². The van der Waals surface area contributed by atoms with E-state index in [1.165, 1.54) is 30.6 Å². The number of amides is 1. The Balaban J connectivity index is 1.55. The molecular formula is C17H21NO3S. The first-order valence-corrected chi connectivity index (χ1v) is 8.92. The van der Waals surface area contributed by atoms with E-state index in [1.54, 1.807) is 13.0 Å². The van der Waals surface area contributed by atoms with Crippen molar-refractivity contribution in [1.29, 1.82) is 0 Å². The van der Waals surface area contributed by atoms with Crippen molar-refractivity contribution in [1.82, 2.24) is 0 Å². The van der Waals surface area contributed by atoms with Crippen LogP contribution in [0.15, 0.2) is 6.07 Å². The van der Waals surface area contributed by atoms with Crippen LogP contribution in [0.4, 0.5) is 5.00 Å². The predicted octanol–water partition coefficient (Wildman–Crippen LogP) is 3.91. The summed E-state index contributed by atoms with van der Waals surface area (Å²) in [5.41, 5.74) is 0.536. The predicted molar refractivity (Wildman–Crippen MR) is 85.3 cm³/mol. The second-order valence-electron chi connectivity index (χ2n) is 7.58. The van der Waals surface area contributed by atoms with Gasteiger partial charge in [0.25, 0.3) is 0 Å². The van der Waals surface area contributed by atoms with Crippen LogP contribution in [0, 0.1) is 30.1 Å². The van der Waals surface area contributed by atoms with E-state index < -0.39 is 5.97 Å². The number of hydrogen-bond donors (Lipinski definition) is 2. The summed E-state index contributed by atoms with van der Waals surface area (Å²) in [5.74, 6) is 1.41. The van der Waals surface area contributed by atoms with Crippen molar-refractivity contribution >= 4 is 28.2 Å². The van der Waals surface area contributed by atoms with Crippen LogP contribution in [0.25, 0.3) is 0 Å². The number of aryl methyl sites for hydroxylation is 1. The highest BCUT2D eigenvalue weighted by Gasteiger charge is 2.54. The van der Waals surface area contributed by atoms with Gasteiger partial charge >= 0.3 is 5.97 Å². The third-order valence-corrected chi connectivity index (χ3v) is 7.01. The molecule has 1 heterocycles. The van der Waals surface area contributed by atoms with E-state index in [0.29, 0.717) is 9.88 Å². The summed E-state index contributed by atoms with van der Waals surface area (Å²) in [4.78, 5) is 24.4. The molecular weight excluding hydrogens is 298 g/mol. The van der Waals surface area contributed by atoms with Crippen molar-refractivity contribution < 1.29 is 14.7 Å². The van der Waals surface area contributed by atoms with Crippen LogP contribution in [-0.2, 0) is 4.79 Å². The smallest absolute Gasteiger partial charge is 0.346 e. The van der Waals surface area contributed by atoms with Crippen LogP contribution < -0.4 is 5.32 Å². The van der Waals surface area contributed by atoms with Gasteiger partial charge in [-0.1, -0.05) is 0 Å². The highest BCUT2D eigenvalue weighted by atomic mass is 32.1. The number of hydrogen-bond acceptors (Lipinski definition) is 3. The van der Waals surface area contributed by atoms with Crippen molar-refractivity contribution in [3.8, 4) is 0 Å². The van der Waals surface area contributed by atoms with Gasteiger partial charge in [0.2, 0.25) is 5.91 Å². The summed E-state index contributed by atoms with van der Waals surface area (Å²) in [6.45, 7) is 1.78. The fourth-order valence-corrected chi connectivity index (χ4v) is 6.30. The zero-order valence-corrected chi connectivity index (χ0v) is 13.5. The summed E-state index contributed by atoms with van der Waals surface area (Å²) in [7, 11) is 0. The van der Waals surface area contributed by atoms with Crippen molar-refractivity contribution in [3.05, 3.63) is 16.5 Å². The lowest BCUT2D eigenvalue weighted by molar-refractivity contribution is -0.140. The van der Waals surface area contributed by atoms with E-state index >= 15 is 0 Å². The zero-order chi connectivity index (χ0) is 15.5. The van der Waals surface area contributed by atoms with Gasteiger partial charge < -0.3 is 10.4 Å². The number of anilines is 1. The van der Waals surface area contributed by atoms with Crippen LogP contribution in [0.5, 0.6) is 0 Å².